The zero-order chi connectivity index (χ0) is 12.0. The van der Waals surface area contributed by atoms with Crippen molar-refractivity contribution in [2.75, 3.05) is 28.2 Å². The lowest BCUT2D eigenvalue weighted by Crippen LogP contribution is -2.17. The van der Waals surface area contributed by atoms with Gasteiger partial charge in [-0.2, -0.15) is 5.26 Å². The molecule has 0 radical (unpaired) electrons. The SMILES string of the molecule is CN(C)C=NC(=C(C#N)[N+](=O)[O-])N(C)C. The van der Waals surface area contributed by atoms with Gasteiger partial charge in [0.05, 0.1) is 11.3 Å². The highest BCUT2D eigenvalue weighted by Crippen LogP contribution is 2.08. The number of hydrogen-bond acceptors (Lipinski definition) is 5. The fourth-order valence-corrected chi connectivity index (χ4v) is 0.731. The molecule has 0 bridgehead atoms. The Kier molecular flexibility index (Phi) is 4.81. The van der Waals surface area contributed by atoms with Gasteiger partial charge in [0, 0.05) is 28.2 Å². The third kappa shape index (κ3) is 4.08. The molecule has 15 heavy (non-hydrogen) atoms. The van der Waals surface area contributed by atoms with Gasteiger partial charge in [0.1, 0.15) is 0 Å². The summed E-state index contributed by atoms with van der Waals surface area (Å²) in [7, 11) is 6.64. The van der Waals surface area contributed by atoms with Gasteiger partial charge in [0.15, 0.2) is 6.07 Å². The second kappa shape index (κ2) is 5.59. The second-order valence-electron chi connectivity index (χ2n) is 3.14. The van der Waals surface area contributed by atoms with Gasteiger partial charge in [-0.25, -0.2) is 4.99 Å². The van der Waals surface area contributed by atoms with Crippen molar-refractivity contribution in [2.24, 2.45) is 4.99 Å². The van der Waals surface area contributed by atoms with Gasteiger partial charge in [-0.1, -0.05) is 0 Å². The summed E-state index contributed by atoms with van der Waals surface area (Å²) < 4.78 is 0. The minimum absolute atomic E-state index is 0.0243. The van der Waals surface area contributed by atoms with Crippen LogP contribution in [0.25, 0.3) is 0 Å². The fourth-order valence-electron chi connectivity index (χ4n) is 0.731. The van der Waals surface area contributed by atoms with Gasteiger partial charge >= 0.3 is 5.70 Å². The number of nitrogens with zero attached hydrogens (tertiary/aromatic N) is 5. The van der Waals surface area contributed by atoms with Crippen molar-refractivity contribution < 1.29 is 4.92 Å². The lowest BCUT2D eigenvalue weighted by Gasteiger charge is -2.11. The van der Waals surface area contributed by atoms with Gasteiger partial charge in [0.2, 0.25) is 5.82 Å². The molecule has 0 aliphatic carbocycles. The maximum absolute atomic E-state index is 10.5. The fraction of sp³-hybridized carbons (Fsp3) is 0.500. The Morgan fingerprint density at radius 3 is 2.27 bits per heavy atom. The first-order valence-electron chi connectivity index (χ1n) is 4.06. The molecule has 7 heteroatoms. The van der Waals surface area contributed by atoms with Gasteiger partial charge in [-0.05, 0) is 0 Å². The van der Waals surface area contributed by atoms with Gasteiger partial charge in [-0.15, -0.1) is 0 Å². The summed E-state index contributed by atoms with van der Waals surface area (Å²) in [6, 6.07) is 1.51. The Morgan fingerprint density at radius 1 is 1.47 bits per heavy atom. The van der Waals surface area contributed by atoms with Crippen LogP contribution >= 0.6 is 0 Å². The topological polar surface area (TPSA) is 85.8 Å². The second-order valence-corrected chi connectivity index (χ2v) is 3.14. The molecule has 0 aliphatic rings. The number of nitro groups is 1. The summed E-state index contributed by atoms with van der Waals surface area (Å²) in [5, 5.41) is 19.1. The van der Waals surface area contributed by atoms with E-state index >= 15 is 0 Å². The van der Waals surface area contributed by atoms with Crippen LogP contribution in [0.5, 0.6) is 0 Å². The van der Waals surface area contributed by atoms with Crippen molar-refractivity contribution in [3.05, 3.63) is 21.6 Å². The molecule has 0 unspecified atom stereocenters. The number of nitriles is 1. The number of rotatable bonds is 4. The van der Waals surface area contributed by atoms with Crippen molar-refractivity contribution >= 4 is 6.34 Å². The van der Waals surface area contributed by atoms with E-state index in [1.54, 1.807) is 33.1 Å². The van der Waals surface area contributed by atoms with E-state index in [9.17, 15) is 10.1 Å². The van der Waals surface area contributed by atoms with Crippen LogP contribution in [0, 0.1) is 21.4 Å². The van der Waals surface area contributed by atoms with Crippen LogP contribution in [0.15, 0.2) is 16.5 Å². The van der Waals surface area contributed by atoms with Crippen molar-refractivity contribution in [1.82, 2.24) is 9.80 Å². The van der Waals surface area contributed by atoms with E-state index in [1.165, 1.54) is 17.3 Å². The van der Waals surface area contributed by atoms with Crippen LogP contribution in [0.4, 0.5) is 0 Å². The molecule has 0 aliphatic heterocycles. The number of allylic oxidation sites excluding steroid dienone is 1. The summed E-state index contributed by atoms with van der Waals surface area (Å²) in [6.07, 6.45) is 1.40. The van der Waals surface area contributed by atoms with Crippen LogP contribution in [-0.2, 0) is 0 Å². The third-order valence-electron chi connectivity index (χ3n) is 1.33. The van der Waals surface area contributed by atoms with E-state index in [2.05, 4.69) is 4.99 Å². The monoisotopic (exact) mass is 211 g/mol. The van der Waals surface area contributed by atoms with Crippen molar-refractivity contribution in [1.29, 1.82) is 5.26 Å². The lowest BCUT2D eigenvalue weighted by atomic mass is 10.4. The first-order valence-corrected chi connectivity index (χ1v) is 4.06. The molecule has 82 valence electrons. The Bertz CT molecular complexity index is 337. The molecule has 0 aromatic rings. The molecule has 7 nitrogen and oxygen atoms in total. The molecular weight excluding hydrogens is 198 g/mol. The van der Waals surface area contributed by atoms with Crippen LogP contribution in [0.2, 0.25) is 0 Å². The third-order valence-corrected chi connectivity index (χ3v) is 1.33. The molecule has 0 heterocycles. The molecule has 0 N–H and O–H groups in total. The Labute approximate surface area is 88.1 Å². The average molecular weight is 211 g/mol. The van der Waals surface area contributed by atoms with E-state index < -0.39 is 10.6 Å². The first-order chi connectivity index (χ1) is 6.90. The van der Waals surface area contributed by atoms with Crippen molar-refractivity contribution in [2.45, 2.75) is 0 Å². The van der Waals surface area contributed by atoms with E-state index in [0.29, 0.717) is 0 Å². The summed E-state index contributed by atoms with van der Waals surface area (Å²) in [5.41, 5.74) is -0.571. The zero-order valence-corrected chi connectivity index (χ0v) is 9.13. The first kappa shape index (κ1) is 12.9. The van der Waals surface area contributed by atoms with E-state index in [1.807, 2.05) is 0 Å². The Hall–Kier alpha value is -2.10. The highest BCUT2D eigenvalue weighted by Gasteiger charge is 2.19. The molecule has 0 fully saturated rings. The molecule has 0 atom stereocenters. The molecule has 0 saturated carbocycles. The summed E-state index contributed by atoms with van der Waals surface area (Å²) in [4.78, 5) is 16.7. The smallest absolute Gasteiger partial charge is 0.369 e. The zero-order valence-electron chi connectivity index (χ0n) is 9.13. The molecule has 0 amide bonds. The Morgan fingerprint density at radius 2 is 2.00 bits per heavy atom. The quantitative estimate of drug-likeness (QED) is 0.216. The van der Waals surface area contributed by atoms with Gasteiger partial charge in [-0.3, -0.25) is 10.1 Å². The standard InChI is InChI=1S/C8H13N5O2/c1-11(2)6-10-8(12(3)4)7(5-9)13(14)15/h6H,1-4H3. The molecule has 0 aromatic carbocycles. The van der Waals surface area contributed by atoms with Crippen LogP contribution < -0.4 is 0 Å². The van der Waals surface area contributed by atoms with Crippen molar-refractivity contribution in [3.63, 3.8) is 0 Å². The predicted octanol–water partition coefficient (Wildman–Crippen LogP) is 0.107. The van der Waals surface area contributed by atoms with Crippen LogP contribution in [0.1, 0.15) is 0 Å². The van der Waals surface area contributed by atoms with E-state index in [0.717, 1.165) is 0 Å². The average Bonchev–Trinajstić information content (AvgIpc) is 2.10. The van der Waals surface area contributed by atoms with Gasteiger partial charge < -0.3 is 9.80 Å². The van der Waals surface area contributed by atoms with Crippen LogP contribution in [0.3, 0.4) is 0 Å². The summed E-state index contributed by atoms with van der Waals surface area (Å²) in [5.74, 6) is 0.0243. The maximum Gasteiger partial charge on any atom is 0.387 e. The maximum atomic E-state index is 10.5. The highest BCUT2D eigenvalue weighted by molar-refractivity contribution is 5.56. The minimum Gasteiger partial charge on any atom is -0.369 e. The lowest BCUT2D eigenvalue weighted by molar-refractivity contribution is -0.419. The molecule has 0 rings (SSSR count). The summed E-state index contributed by atoms with van der Waals surface area (Å²) in [6.45, 7) is 0. The molecule has 0 spiro atoms. The van der Waals surface area contributed by atoms with Crippen molar-refractivity contribution in [3.8, 4) is 6.07 Å². The molecular formula is C8H13N5O2. The Balaban J connectivity index is 5.29. The normalized spacial score (nSPS) is 11.9. The van der Waals surface area contributed by atoms with Gasteiger partial charge in [0.25, 0.3) is 0 Å². The highest BCUT2D eigenvalue weighted by atomic mass is 16.6. The van der Waals surface area contributed by atoms with E-state index in [4.69, 9.17) is 5.26 Å². The number of aliphatic imine (C=N–C) groups is 1. The van der Waals surface area contributed by atoms with E-state index in [-0.39, 0.29) is 5.82 Å². The summed E-state index contributed by atoms with van der Waals surface area (Å²) >= 11 is 0. The largest absolute Gasteiger partial charge is 0.387 e. The van der Waals surface area contributed by atoms with Crippen LogP contribution in [-0.4, -0.2) is 49.3 Å². The minimum atomic E-state index is -0.748. The molecule has 0 saturated heterocycles. The molecule has 0 aromatic heterocycles. The predicted molar refractivity (Wildman–Crippen MR) is 55.5 cm³/mol. The number of hydrogen-bond donors (Lipinski definition) is 0.